The summed E-state index contributed by atoms with van der Waals surface area (Å²) in [6.45, 7) is 2.11. The summed E-state index contributed by atoms with van der Waals surface area (Å²) in [5.41, 5.74) is 0. The number of amidine groups is 1. The molecule has 21 heavy (non-hydrogen) atoms. The number of hydrogen-bond acceptors (Lipinski definition) is 4. The molecule has 5 nitrogen and oxygen atoms in total. The standard InChI is InChI=1S/C15H26N2O3S/c1-11(12-7-3-2-4-8-12)16-15-17-21(18,19)14-10-6-5-9-13(14)20-15/h11-14H,2-10H2,1H3,(H,16,17)/t11-,13?,14?/m0/s1. The number of rotatable bonds is 2. The van der Waals surface area contributed by atoms with Crippen LogP contribution in [0.25, 0.3) is 0 Å². The zero-order valence-corrected chi connectivity index (χ0v) is 13.6. The molecule has 0 amide bonds. The molecule has 6 heteroatoms. The Kier molecular flexibility index (Phi) is 4.43. The molecule has 0 aromatic carbocycles. The Morgan fingerprint density at radius 2 is 1.76 bits per heavy atom. The molecule has 1 N–H and O–H groups in total. The van der Waals surface area contributed by atoms with Crippen LogP contribution in [0.4, 0.5) is 0 Å². The van der Waals surface area contributed by atoms with Crippen LogP contribution in [-0.4, -0.2) is 31.8 Å². The van der Waals surface area contributed by atoms with Gasteiger partial charge in [0.25, 0.3) is 10.0 Å². The largest absolute Gasteiger partial charge is 0.460 e. The summed E-state index contributed by atoms with van der Waals surface area (Å²) in [4.78, 5) is 0. The first-order valence-electron chi connectivity index (χ1n) is 8.33. The molecule has 0 saturated heterocycles. The summed E-state index contributed by atoms with van der Waals surface area (Å²) in [7, 11) is -3.41. The Morgan fingerprint density at radius 1 is 1.10 bits per heavy atom. The van der Waals surface area contributed by atoms with Gasteiger partial charge in [-0.1, -0.05) is 25.7 Å². The van der Waals surface area contributed by atoms with Crippen molar-refractivity contribution in [3.8, 4) is 0 Å². The lowest BCUT2D eigenvalue weighted by molar-refractivity contribution is 0.129. The third kappa shape index (κ3) is 3.35. The Labute approximate surface area is 127 Å². The highest BCUT2D eigenvalue weighted by atomic mass is 32.2. The first kappa shape index (κ1) is 15.1. The lowest BCUT2D eigenvalue weighted by Crippen LogP contribution is -2.49. The number of hydrogen-bond donors (Lipinski definition) is 1. The summed E-state index contributed by atoms with van der Waals surface area (Å²) in [6.07, 6.45) is 9.58. The molecule has 2 saturated carbocycles. The van der Waals surface area contributed by atoms with Gasteiger partial charge in [-0.25, -0.2) is 8.42 Å². The van der Waals surface area contributed by atoms with Crippen LogP contribution < -0.4 is 5.32 Å². The smallest absolute Gasteiger partial charge is 0.301 e. The molecule has 3 aliphatic rings. The van der Waals surface area contributed by atoms with Gasteiger partial charge in [-0.3, -0.25) is 0 Å². The van der Waals surface area contributed by atoms with Crippen LogP contribution in [0.15, 0.2) is 4.40 Å². The van der Waals surface area contributed by atoms with Gasteiger partial charge in [-0.15, -0.1) is 4.40 Å². The van der Waals surface area contributed by atoms with E-state index in [2.05, 4.69) is 16.6 Å². The molecule has 120 valence electrons. The highest BCUT2D eigenvalue weighted by Gasteiger charge is 2.41. The molecule has 2 aliphatic carbocycles. The predicted molar refractivity (Wildman–Crippen MR) is 82.7 cm³/mol. The third-order valence-corrected chi connectivity index (χ3v) is 6.93. The second-order valence-electron chi connectivity index (χ2n) is 6.72. The van der Waals surface area contributed by atoms with Crippen molar-refractivity contribution < 1.29 is 13.2 Å². The van der Waals surface area contributed by atoms with Gasteiger partial charge in [0.15, 0.2) is 0 Å². The molecule has 1 heterocycles. The number of fused-ring (bicyclic) bond motifs is 1. The minimum absolute atomic E-state index is 0.206. The second-order valence-corrected chi connectivity index (χ2v) is 8.54. The molecule has 0 radical (unpaired) electrons. The molecule has 1 aliphatic heterocycles. The maximum Gasteiger partial charge on any atom is 0.301 e. The van der Waals surface area contributed by atoms with Gasteiger partial charge in [0, 0.05) is 6.04 Å². The van der Waals surface area contributed by atoms with Crippen molar-refractivity contribution in [2.24, 2.45) is 10.3 Å². The quantitative estimate of drug-likeness (QED) is 0.850. The normalized spacial score (nSPS) is 34.2. The van der Waals surface area contributed by atoms with Crippen molar-refractivity contribution in [3.05, 3.63) is 0 Å². The molecule has 2 unspecified atom stereocenters. The van der Waals surface area contributed by atoms with Crippen LogP contribution in [0.3, 0.4) is 0 Å². The Hall–Kier alpha value is -0.780. The van der Waals surface area contributed by atoms with E-state index in [1.165, 1.54) is 32.1 Å². The average molecular weight is 314 g/mol. The number of sulfonamides is 1. The zero-order valence-electron chi connectivity index (χ0n) is 12.8. The van der Waals surface area contributed by atoms with E-state index in [1.807, 2.05) is 0 Å². The monoisotopic (exact) mass is 314 g/mol. The first-order valence-corrected chi connectivity index (χ1v) is 9.83. The number of nitrogens with zero attached hydrogens (tertiary/aromatic N) is 1. The number of nitrogens with one attached hydrogen (secondary N) is 1. The average Bonchev–Trinajstić information content (AvgIpc) is 2.47. The Morgan fingerprint density at radius 3 is 2.52 bits per heavy atom. The fraction of sp³-hybridized carbons (Fsp3) is 0.933. The molecule has 0 aromatic heterocycles. The van der Waals surface area contributed by atoms with Crippen molar-refractivity contribution in [1.29, 1.82) is 0 Å². The molecule has 3 atom stereocenters. The van der Waals surface area contributed by atoms with E-state index in [0.717, 1.165) is 19.3 Å². The molecular weight excluding hydrogens is 288 g/mol. The first-order chi connectivity index (χ1) is 10.1. The van der Waals surface area contributed by atoms with Crippen LogP contribution in [0.2, 0.25) is 0 Å². The summed E-state index contributed by atoms with van der Waals surface area (Å²) in [6, 6.07) is 0.454. The fourth-order valence-electron chi connectivity index (χ4n) is 3.89. The van der Waals surface area contributed by atoms with Crippen LogP contribution >= 0.6 is 0 Å². The maximum atomic E-state index is 12.3. The van der Waals surface area contributed by atoms with E-state index < -0.39 is 15.3 Å². The molecular formula is C15H26N2O3S. The predicted octanol–water partition coefficient (Wildman–Crippen LogP) is 2.57. The van der Waals surface area contributed by atoms with Crippen molar-refractivity contribution >= 4 is 16.0 Å². The molecule has 0 bridgehead atoms. The van der Waals surface area contributed by atoms with E-state index in [0.29, 0.717) is 12.3 Å². The van der Waals surface area contributed by atoms with Gasteiger partial charge < -0.3 is 10.1 Å². The lowest BCUT2D eigenvalue weighted by Gasteiger charge is -2.36. The van der Waals surface area contributed by atoms with Crippen LogP contribution in [0.1, 0.15) is 64.7 Å². The summed E-state index contributed by atoms with van der Waals surface area (Å²) in [5.74, 6) is 0.594. The maximum absolute atomic E-state index is 12.3. The van der Waals surface area contributed by atoms with E-state index in [4.69, 9.17) is 4.74 Å². The summed E-state index contributed by atoms with van der Waals surface area (Å²) in [5, 5.41) is 2.80. The second kappa shape index (κ2) is 6.15. The van der Waals surface area contributed by atoms with Crippen LogP contribution in [0.5, 0.6) is 0 Å². The summed E-state index contributed by atoms with van der Waals surface area (Å²) >= 11 is 0. The van der Waals surface area contributed by atoms with Crippen LogP contribution in [-0.2, 0) is 14.8 Å². The Balaban J connectivity index is 1.68. The van der Waals surface area contributed by atoms with Crippen LogP contribution in [0, 0.1) is 5.92 Å². The molecule has 0 aromatic rings. The van der Waals surface area contributed by atoms with Crippen molar-refractivity contribution in [2.45, 2.75) is 82.1 Å². The molecule has 3 rings (SSSR count). The topological polar surface area (TPSA) is 67.8 Å². The zero-order chi connectivity index (χ0) is 14.9. The summed E-state index contributed by atoms with van der Waals surface area (Å²) < 4.78 is 34.3. The van der Waals surface area contributed by atoms with Gasteiger partial charge in [0.2, 0.25) is 0 Å². The van der Waals surface area contributed by atoms with E-state index in [9.17, 15) is 8.42 Å². The minimum Gasteiger partial charge on any atom is -0.460 e. The van der Waals surface area contributed by atoms with E-state index >= 15 is 0 Å². The van der Waals surface area contributed by atoms with E-state index in [-0.39, 0.29) is 18.2 Å². The highest BCUT2D eigenvalue weighted by molar-refractivity contribution is 7.91. The fourth-order valence-corrected chi connectivity index (χ4v) is 5.40. The van der Waals surface area contributed by atoms with Gasteiger partial charge in [0.05, 0.1) is 0 Å². The highest BCUT2D eigenvalue weighted by Crippen LogP contribution is 2.31. The molecule has 0 spiro atoms. The van der Waals surface area contributed by atoms with Gasteiger partial charge >= 0.3 is 6.02 Å². The van der Waals surface area contributed by atoms with E-state index in [1.54, 1.807) is 0 Å². The molecule has 2 fully saturated rings. The Bertz CT molecular complexity index is 497. The SMILES string of the molecule is C[C@H](NC1=NS(=O)(=O)C2CCCCC2O1)C1CCCCC1. The van der Waals surface area contributed by atoms with Gasteiger partial charge in [-0.05, 0) is 44.9 Å². The van der Waals surface area contributed by atoms with Crippen molar-refractivity contribution in [1.82, 2.24) is 5.32 Å². The third-order valence-electron chi connectivity index (χ3n) is 5.21. The van der Waals surface area contributed by atoms with Gasteiger partial charge in [-0.2, -0.15) is 0 Å². The minimum atomic E-state index is -3.41. The van der Waals surface area contributed by atoms with Crippen molar-refractivity contribution in [2.75, 3.05) is 0 Å². The lowest BCUT2D eigenvalue weighted by atomic mass is 9.85. The van der Waals surface area contributed by atoms with Crippen molar-refractivity contribution in [3.63, 3.8) is 0 Å². The number of ether oxygens (including phenoxy) is 1. The van der Waals surface area contributed by atoms with Gasteiger partial charge in [0.1, 0.15) is 11.4 Å².